The maximum atomic E-state index is 13.1. The van der Waals surface area contributed by atoms with Gasteiger partial charge >= 0.3 is 11.8 Å². The van der Waals surface area contributed by atoms with Gasteiger partial charge in [-0.05, 0) is 18.2 Å². The molecule has 1 N–H and O–H groups in total. The number of nitrogens with zero attached hydrogens (tertiary/aromatic N) is 1. The lowest BCUT2D eigenvalue weighted by atomic mass is 10.0. The van der Waals surface area contributed by atoms with Gasteiger partial charge in [0.25, 0.3) is 0 Å². The van der Waals surface area contributed by atoms with Crippen LogP contribution in [0.15, 0.2) is 24.3 Å². The van der Waals surface area contributed by atoms with Crippen molar-refractivity contribution in [1.29, 1.82) is 0 Å². The summed E-state index contributed by atoms with van der Waals surface area (Å²) in [7, 11) is 0. The number of ether oxygens (including phenoxy) is 2. The number of nitrogens with one attached hydrogen (secondary N) is 1. The highest BCUT2D eigenvalue weighted by atomic mass is 19.1. The second-order valence-corrected chi connectivity index (χ2v) is 5.36. The predicted molar refractivity (Wildman–Crippen MR) is 75.5 cm³/mol. The molecule has 0 unspecified atom stereocenters. The van der Waals surface area contributed by atoms with E-state index in [1.165, 1.54) is 23.1 Å². The van der Waals surface area contributed by atoms with Crippen LogP contribution in [0.5, 0.6) is 0 Å². The molecule has 0 bridgehead atoms. The largest absolute Gasteiger partial charge is 0.347 e. The second-order valence-electron chi connectivity index (χ2n) is 5.36. The van der Waals surface area contributed by atoms with Crippen LogP contribution in [0.2, 0.25) is 0 Å². The Kier molecular flexibility index (Phi) is 4.08. The second kappa shape index (κ2) is 6.02. The molecule has 1 spiro atoms. The van der Waals surface area contributed by atoms with Crippen molar-refractivity contribution in [2.45, 2.75) is 18.6 Å². The average molecular weight is 308 g/mol. The van der Waals surface area contributed by atoms with Crippen molar-refractivity contribution in [3.05, 3.63) is 30.1 Å². The molecule has 1 aromatic carbocycles. The van der Waals surface area contributed by atoms with Gasteiger partial charge in [-0.25, -0.2) is 4.39 Å². The average Bonchev–Trinajstić information content (AvgIpc) is 2.95. The molecule has 2 aliphatic rings. The summed E-state index contributed by atoms with van der Waals surface area (Å²) < 4.78 is 24.2. The maximum Gasteiger partial charge on any atom is 0.313 e. The molecule has 3 rings (SSSR count). The number of likely N-dealkylation sites (tertiary alicyclic amines) is 1. The Labute approximate surface area is 127 Å². The molecule has 22 heavy (non-hydrogen) atoms. The molecule has 0 saturated carbocycles. The van der Waals surface area contributed by atoms with E-state index in [0.717, 1.165) is 6.07 Å². The summed E-state index contributed by atoms with van der Waals surface area (Å²) >= 11 is 0. The highest BCUT2D eigenvalue weighted by molar-refractivity contribution is 6.39. The molecule has 6 nitrogen and oxygen atoms in total. The Morgan fingerprint density at radius 2 is 1.86 bits per heavy atom. The fourth-order valence-electron chi connectivity index (χ4n) is 2.73. The number of hydrogen-bond acceptors (Lipinski definition) is 4. The van der Waals surface area contributed by atoms with Crippen molar-refractivity contribution >= 4 is 17.5 Å². The fraction of sp³-hybridized carbons (Fsp3) is 0.467. The van der Waals surface area contributed by atoms with E-state index in [9.17, 15) is 14.0 Å². The quantitative estimate of drug-likeness (QED) is 0.790. The fourth-order valence-corrected chi connectivity index (χ4v) is 2.73. The zero-order valence-electron chi connectivity index (χ0n) is 12.0. The number of piperidine rings is 1. The molecule has 1 aromatic rings. The summed E-state index contributed by atoms with van der Waals surface area (Å²) in [6.07, 6.45) is 1.10. The third-order valence-corrected chi connectivity index (χ3v) is 3.90. The summed E-state index contributed by atoms with van der Waals surface area (Å²) in [5.41, 5.74) is 0.259. The van der Waals surface area contributed by atoms with Crippen LogP contribution in [-0.2, 0) is 19.1 Å². The molecule has 7 heteroatoms. The molecule has 2 heterocycles. The first-order chi connectivity index (χ1) is 10.6. The Bertz CT molecular complexity index is 577. The molecule has 2 aliphatic heterocycles. The van der Waals surface area contributed by atoms with Gasteiger partial charge < -0.3 is 19.7 Å². The highest BCUT2D eigenvalue weighted by Gasteiger charge is 2.41. The Morgan fingerprint density at radius 3 is 2.50 bits per heavy atom. The number of hydrogen-bond donors (Lipinski definition) is 1. The minimum absolute atomic E-state index is 0.259. The molecule has 2 fully saturated rings. The summed E-state index contributed by atoms with van der Waals surface area (Å²) in [5, 5.41) is 2.41. The van der Waals surface area contributed by atoms with E-state index in [1.807, 2.05) is 0 Å². The van der Waals surface area contributed by atoms with Gasteiger partial charge in [-0.2, -0.15) is 0 Å². The third kappa shape index (κ3) is 3.10. The van der Waals surface area contributed by atoms with Crippen LogP contribution < -0.4 is 5.32 Å². The van der Waals surface area contributed by atoms with Crippen molar-refractivity contribution in [2.24, 2.45) is 0 Å². The Morgan fingerprint density at radius 1 is 1.18 bits per heavy atom. The molecule has 2 saturated heterocycles. The van der Waals surface area contributed by atoms with Gasteiger partial charge in [0.05, 0.1) is 13.2 Å². The van der Waals surface area contributed by atoms with Gasteiger partial charge in [0.15, 0.2) is 5.79 Å². The molecular weight excluding hydrogens is 291 g/mol. The van der Waals surface area contributed by atoms with E-state index < -0.39 is 23.4 Å². The molecule has 0 atom stereocenters. The minimum Gasteiger partial charge on any atom is -0.347 e. The third-order valence-electron chi connectivity index (χ3n) is 3.90. The number of halogens is 1. The van der Waals surface area contributed by atoms with E-state index in [4.69, 9.17) is 9.47 Å². The first-order valence-corrected chi connectivity index (χ1v) is 7.22. The van der Waals surface area contributed by atoms with Crippen LogP contribution >= 0.6 is 0 Å². The van der Waals surface area contributed by atoms with Crippen LogP contribution in [0.4, 0.5) is 10.1 Å². The van der Waals surface area contributed by atoms with Gasteiger partial charge in [-0.3, -0.25) is 9.59 Å². The highest BCUT2D eigenvalue weighted by Crippen LogP contribution is 2.31. The monoisotopic (exact) mass is 308 g/mol. The lowest BCUT2D eigenvalue weighted by molar-refractivity contribution is -0.187. The standard InChI is InChI=1S/C15H17FN2O4/c16-11-2-1-3-12(10-11)17-13(19)14(20)18-6-4-15(5-7-18)21-8-9-22-15/h1-3,10H,4-9H2,(H,17,19). The SMILES string of the molecule is O=C(Nc1cccc(F)c1)C(=O)N1CCC2(CC1)OCCO2. The van der Waals surface area contributed by atoms with Crippen molar-refractivity contribution in [3.8, 4) is 0 Å². The number of amides is 2. The molecule has 2 amide bonds. The van der Waals surface area contributed by atoms with Gasteiger partial charge in [0.1, 0.15) is 5.82 Å². The summed E-state index contributed by atoms with van der Waals surface area (Å²) in [5.74, 6) is -2.46. The lowest BCUT2D eigenvalue weighted by Crippen LogP contribution is -2.50. The van der Waals surface area contributed by atoms with Gasteiger partial charge in [0.2, 0.25) is 0 Å². The van der Waals surface area contributed by atoms with Crippen LogP contribution in [0.25, 0.3) is 0 Å². The van der Waals surface area contributed by atoms with Crippen LogP contribution in [0, 0.1) is 5.82 Å². The smallest absolute Gasteiger partial charge is 0.313 e. The van der Waals surface area contributed by atoms with Crippen molar-refractivity contribution in [1.82, 2.24) is 4.90 Å². The minimum atomic E-state index is -0.769. The summed E-state index contributed by atoms with van der Waals surface area (Å²) in [4.78, 5) is 25.5. The number of benzene rings is 1. The predicted octanol–water partition coefficient (Wildman–Crippen LogP) is 1.13. The molecule has 0 radical (unpaired) electrons. The summed E-state index contributed by atoms with van der Waals surface area (Å²) in [6.45, 7) is 1.92. The van der Waals surface area contributed by atoms with Crippen LogP contribution in [0.1, 0.15) is 12.8 Å². The first kappa shape index (κ1) is 14.9. The van der Waals surface area contributed by atoms with Gasteiger partial charge in [0, 0.05) is 31.6 Å². The zero-order valence-corrected chi connectivity index (χ0v) is 12.0. The van der Waals surface area contributed by atoms with E-state index in [2.05, 4.69) is 5.32 Å². The number of carbonyl (C=O) groups is 2. The van der Waals surface area contributed by atoms with E-state index in [1.54, 1.807) is 0 Å². The molecule has 118 valence electrons. The summed E-state index contributed by atoms with van der Waals surface area (Å²) in [6, 6.07) is 5.42. The van der Waals surface area contributed by atoms with Crippen molar-refractivity contribution in [2.75, 3.05) is 31.6 Å². The Balaban J connectivity index is 1.56. The zero-order chi connectivity index (χ0) is 15.6. The number of carbonyl (C=O) groups excluding carboxylic acids is 2. The van der Waals surface area contributed by atoms with Crippen LogP contribution in [-0.4, -0.2) is 48.8 Å². The van der Waals surface area contributed by atoms with Gasteiger partial charge in [-0.15, -0.1) is 0 Å². The molecular formula is C15H17FN2O4. The van der Waals surface area contributed by atoms with E-state index >= 15 is 0 Å². The van der Waals surface area contributed by atoms with Crippen molar-refractivity contribution < 1.29 is 23.5 Å². The number of rotatable bonds is 1. The number of anilines is 1. The van der Waals surface area contributed by atoms with E-state index in [-0.39, 0.29) is 5.69 Å². The molecule has 0 aliphatic carbocycles. The lowest BCUT2D eigenvalue weighted by Gasteiger charge is -2.37. The molecule has 0 aromatic heterocycles. The van der Waals surface area contributed by atoms with Crippen molar-refractivity contribution in [3.63, 3.8) is 0 Å². The maximum absolute atomic E-state index is 13.1. The topological polar surface area (TPSA) is 67.9 Å². The first-order valence-electron chi connectivity index (χ1n) is 7.22. The normalized spacial score (nSPS) is 20.1. The Hall–Kier alpha value is -1.99. The van der Waals surface area contributed by atoms with E-state index in [0.29, 0.717) is 39.1 Å². The van der Waals surface area contributed by atoms with Crippen LogP contribution in [0.3, 0.4) is 0 Å². The van der Waals surface area contributed by atoms with Gasteiger partial charge in [-0.1, -0.05) is 6.07 Å².